The summed E-state index contributed by atoms with van der Waals surface area (Å²) in [5, 5.41) is 4.28. The molecule has 7 nitrogen and oxygen atoms in total. The lowest BCUT2D eigenvalue weighted by atomic mass is 10.1. The van der Waals surface area contributed by atoms with E-state index < -0.39 is 10.0 Å². The molecule has 2 aromatic carbocycles. The Balaban J connectivity index is 1.40. The van der Waals surface area contributed by atoms with Crippen LogP contribution in [-0.2, 0) is 34.1 Å². The highest BCUT2D eigenvalue weighted by Gasteiger charge is 2.07. The zero-order valence-corrected chi connectivity index (χ0v) is 20.5. The van der Waals surface area contributed by atoms with Crippen molar-refractivity contribution in [2.24, 2.45) is 0 Å². The number of amides is 1. The number of carbonyl (C=O) groups is 1. The molecule has 3 aromatic rings. The molecule has 1 heterocycles. The number of likely N-dealkylation sites (N-methyl/N-ethyl adjacent to an activating group) is 1. The third-order valence-electron chi connectivity index (χ3n) is 5.52. The average Bonchev–Trinajstić information content (AvgIpc) is 3.15. The lowest BCUT2D eigenvalue weighted by molar-refractivity contribution is -0.121. The van der Waals surface area contributed by atoms with Crippen molar-refractivity contribution in [3.05, 3.63) is 65.4 Å². The van der Waals surface area contributed by atoms with Gasteiger partial charge in [-0.15, -0.1) is 0 Å². The summed E-state index contributed by atoms with van der Waals surface area (Å²) in [6, 6.07) is 13.7. The minimum atomic E-state index is -3.27. The molecule has 0 fully saturated rings. The number of fused-ring (bicyclic) bond motifs is 1. The van der Waals surface area contributed by atoms with Gasteiger partial charge in [-0.1, -0.05) is 18.2 Å². The van der Waals surface area contributed by atoms with Gasteiger partial charge in [-0.3, -0.25) is 9.52 Å². The van der Waals surface area contributed by atoms with E-state index in [0.29, 0.717) is 18.7 Å². The first-order chi connectivity index (χ1) is 15.7. The molecule has 0 atom stereocenters. The smallest absolute Gasteiger partial charge is 0.229 e. The lowest BCUT2D eigenvalue weighted by Gasteiger charge is -2.09. The molecule has 0 unspecified atom stereocenters. The number of hydrogen-bond acceptors (Lipinski definition) is 4. The van der Waals surface area contributed by atoms with Crippen LogP contribution < -0.4 is 10.0 Å². The van der Waals surface area contributed by atoms with Gasteiger partial charge in [0.15, 0.2) is 0 Å². The summed E-state index contributed by atoms with van der Waals surface area (Å²) in [6.45, 7) is 1.63. The second-order valence-corrected chi connectivity index (χ2v) is 10.5. The molecule has 0 aliphatic carbocycles. The first kappa shape index (κ1) is 24.8. The molecule has 3 N–H and O–H groups in total. The van der Waals surface area contributed by atoms with E-state index in [2.05, 4.69) is 58.4 Å². The number of sulfonamides is 1. The third-order valence-corrected chi connectivity index (χ3v) is 6.13. The van der Waals surface area contributed by atoms with E-state index in [-0.39, 0.29) is 5.91 Å². The number of benzene rings is 2. The second kappa shape index (κ2) is 11.3. The second-order valence-electron chi connectivity index (χ2n) is 8.77. The first-order valence-electron chi connectivity index (χ1n) is 11.3. The van der Waals surface area contributed by atoms with Gasteiger partial charge in [0.25, 0.3) is 0 Å². The fourth-order valence-corrected chi connectivity index (χ4v) is 4.34. The Morgan fingerprint density at radius 3 is 2.42 bits per heavy atom. The highest BCUT2D eigenvalue weighted by atomic mass is 32.2. The molecule has 1 amide bonds. The van der Waals surface area contributed by atoms with E-state index in [4.69, 9.17) is 0 Å². The molecule has 0 aliphatic rings. The van der Waals surface area contributed by atoms with Crippen molar-refractivity contribution < 1.29 is 13.2 Å². The molecule has 0 aliphatic heterocycles. The summed E-state index contributed by atoms with van der Waals surface area (Å²) in [4.78, 5) is 17.7. The number of aromatic nitrogens is 1. The van der Waals surface area contributed by atoms with Crippen LogP contribution in [0.5, 0.6) is 0 Å². The molecule has 3 rings (SSSR count). The maximum atomic E-state index is 12.2. The van der Waals surface area contributed by atoms with Gasteiger partial charge in [0.2, 0.25) is 15.9 Å². The summed E-state index contributed by atoms with van der Waals surface area (Å²) in [7, 11) is 0.893. The van der Waals surface area contributed by atoms with Crippen LogP contribution in [0, 0.1) is 0 Å². The number of H-pyrrole nitrogens is 1. The average molecular weight is 471 g/mol. The zero-order chi connectivity index (χ0) is 23.8. The zero-order valence-electron chi connectivity index (χ0n) is 19.6. The fourth-order valence-electron chi connectivity index (χ4n) is 3.77. The van der Waals surface area contributed by atoms with Crippen molar-refractivity contribution in [2.75, 3.05) is 38.2 Å². The third kappa shape index (κ3) is 8.22. The maximum Gasteiger partial charge on any atom is 0.229 e. The number of nitrogens with zero attached hydrogens (tertiary/aromatic N) is 1. The monoisotopic (exact) mass is 470 g/mol. The van der Waals surface area contributed by atoms with E-state index in [1.54, 1.807) is 12.1 Å². The van der Waals surface area contributed by atoms with E-state index in [1.165, 1.54) is 16.5 Å². The van der Waals surface area contributed by atoms with Crippen LogP contribution in [0.4, 0.5) is 5.69 Å². The van der Waals surface area contributed by atoms with Crippen molar-refractivity contribution in [2.45, 2.75) is 32.1 Å². The van der Waals surface area contributed by atoms with Crippen LogP contribution in [0.25, 0.3) is 10.9 Å². The number of anilines is 1. The number of rotatable bonds is 12. The Bertz CT molecular complexity index is 1170. The van der Waals surface area contributed by atoms with Crippen LogP contribution in [0.1, 0.15) is 29.5 Å². The Kier molecular flexibility index (Phi) is 8.52. The van der Waals surface area contributed by atoms with E-state index in [1.807, 2.05) is 12.1 Å². The SMILES string of the molecule is CN(C)CCc1c[nH]c2ccc(CCNC(=O)CCCc3ccc(NS(C)(=O)=O)cc3)cc12. The van der Waals surface area contributed by atoms with Crippen molar-refractivity contribution in [1.29, 1.82) is 0 Å². The largest absolute Gasteiger partial charge is 0.361 e. The molecular formula is C25H34N4O3S. The van der Waals surface area contributed by atoms with Gasteiger partial charge < -0.3 is 15.2 Å². The number of nitrogens with one attached hydrogen (secondary N) is 3. The molecule has 0 saturated carbocycles. The van der Waals surface area contributed by atoms with E-state index in [0.717, 1.165) is 49.6 Å². The van der Waals surface area contributed by atoms with Crippen LogP contribution >= 0.6 is 0 Å². The van der Waals surface area contributed by atoms with Gasteiger partial charge in [-0.05, 0) is 80.7 Å². The Morgan fingerprint density at radius 2 is 1.73 bits per heavy atom. The minimum Gasteiger partial charge on any atom is -0.361 e. The van der Waals surface area contributed by atoms with Gasteiger partial charge in [0, 0.05) is 42.3 Å². The lowest BCUT2D eigenvalue weighted by Crippen LogP contribution is -2.25. The predicted molar refractivity (Wildman–Crippen MR) is 135 cm³/mol. The molecule has 33 heavy (non-hydrogen) atoms. The predicted octanol–water partition coefficient (Wildman–Crippen LogP) is 3.33. The van der Waals surface area contributed by atoms with Crippen molar-refractivity contribution in [3.63, 3.8) is 0 Å². The van der Waals surface area contributed by atoms with E-state index in [9.17, 15) is 13.2 Å². The molecule has 0 bridgehead atoms. The normalized spacial score (nSPS) is 11.8. The van der Waals surface area contributed by atoms with Crippen molar-refractivity contribution >= 4 is 32.5 Å². The van der Waals surface area contributed by atoms with Crippen molar-refractivity contribution in [3.8, 4) is 0 Å². The summed E-state index contributed by atoms with van der Waals surface area (Å²) in [6.07, 6.45) is 7.01. The van der Waals surface area contributed by atoms with Crippen LogP contribution in [0.2, 0.25) is 0 Å². The van der Waals surface area contributed by atoms with Crippen LogP contribution in [0.3, 0.4) is 0 Å². The highest BCUT2D eigenvalue weighted by Crippen LogP contribution is 2.21. The molecule has 0 saturated heterocycles. The topological polar surface area (TPSA) is 94.3 Å². The van der Waals surface area contributed by atoms with Crippen LogP contribution in [-0.4, -0.2) is 57.6 Å². The minimum absolute atomic E-state index is 0.0553. The van der Waals surface area contributed by atoms with Gasteiger partial charge in [0.05, 0.1) is 6.26 Å². The Morgan fingerprint density at radius 1 is 1.00 bits per heavy atom. The quantitative estimate of drug-likeness (QED) is 0.378. The number of aryl methyl sites for hydroxylation is 1. The standard InChI is InChI=1S/C25H34N4O3S/c1-29(2)16-14-21-18-27-24-12-9-20(17-23(21)24)13-15-26-25(30)6-4-5-19-7-10-22(11-8-19)28-33(3,31)32/h7-12,17-18,27-28H,4-6,13-16H2,1-3H3,(H,26,30). The summed E-state index contributed by atoms with van der Waals surface area (Å²) in [5.41, 5.74) is 5.31. The van der Waals surface area contributed by atoms with Gasteiger partial charge >= 0.3 is 0 Å². The summed E-state index contributed by atoms with van der Waals surface area (Å²) < 4.78 is 25.0. The summed E-state index contributed by atoms with van der Waals surface area (Å²) >= 11 is 0. The molecule has 0 radical (unpaired) electrons. The molecule has 178 valence electrons. The van der Waals surface area contributed by atoms with E-state index >= 15 is 0 Å². The number of aromatic amines is 1. The molecule has 1 aromatic heterocycles. The Labute approximate surface area is 196 Å². The highest BCUT2D eigenvalue weighted by molar-refractivity contribution is 7.92. The number of carbonyl (C=O) groups excluding carboxylic acids is 1. The molecule has 0 spiro atoms. The Hall–Kier alpha value is -2.84. The maximum absolute atomic E-state index is 12.2. The van der Waals surface area contributed by atoms with Gasteiger partial charge in [-0.25, -0.2) is 8.42 Å². The summed E-state index contributed by atoms with van der Waals surface area (Å²) in [5.74, 6) is 0.0553. The van der Waals surface area contributed by atoms with Crippen molar-refractivity contribution in [1.82, 2.24) is 15.2 Å². The first-order valence-corrected chi connectivity index (χ1v) is 13.2. The van der Waals surface area contributed by atoms with Crippen LogP contribution in [0.15, 0.2) is 48.7 Å². The molecule has 8 heteroatoms. The van der Waals surface area contributed by atoms with Gasteiger partial charge in [-0.2, -0.15) is 0 Å². The molecular weight excluding hydrogens is 436 g/mol. The number of hydrogen-bond donors (Lipinski definition) is 3. The fraction of sp³-hybridized carbons (Fsp3) is 0.400. The van der Waals surface area contributed by atoms with Gasteiger partial charge in [0.1, 0.15) is 0 Å².